The highest BCUT2D eigenvalue weighted by Crippen LogP contribution is 2.36. The molecule has 28 heavy (non-hydrogen) atoms. The van der Waals surface area contributed by atoms with Crippen LogP contribution in [0.5, 0.6) is 11.5 Å². The van der Waals surface area contributed by atoms with E-state index in [9.17, 15) is 9.59 Å². The van der Waals surface area contributed by atoms with Crippen LogP contribution in [0.3, 0.4) is 0 Å². The minimum Gasteiger partial charge on any atom is -0.486 e. The van der Waals surface area contributed by atoms with Crippen molar-refractivity contribution in [2.75, 3.05) is 49.0 Å². The molecule has 1 atom stereocenters. The van der Waals surface area contributed by atoms with Crippen molar-refractivity contribution in [3.63, 3.8) is 0 Å². The number of rotatable bonds is 4. The van der Waals surface area contributed by atoms with Gasteiger partial charge in [-0.05, 0) is 36.4 Å². The van der Waals surface area contributed by atoms with Crippen LogP contribution in [0.25, 0.3) is 0 Å². The molecule has 1 N–H and O–H groups in total. The molecular formula is C21H23N3O4. The molecule has 0 saturated carbocycles. The van der Waals surface area contributed by atoms with Gasteiger partial charge in [0.05, 0.1) is 5.92 Å². The number of carbonyl (C=O) groups is 2. The first kappa shape index (κ1) is 18.2. The lowest BCUT2D eigenvalue weighted by Crippen LogP contribution is -2.28. The number of fused-ring (bicyclic) bond motifs is 1. The summed E-state index contributed by atoms with van der Waals surface area (Å²) in [7, 11) is 3.92. The van der Waals surface area contributed by atoms with Crippen molar-refractivity contribution in [3.05, 3.63) is 42.5 Å². The number of carbonyl (C=O) groups excluding carboxylic acids is 2. The highest BCUT2D eigenvalue weighted by atomic mass is 16.6. The van der Waals surface area contributed by atoms with Crippen molar-refractivity contribution in [3.8, 4) is 11.5 Å². The van der Waals surface area contributed by atoms with Crippen molar-refractivity contribution >= 4 is 28.9 Å². The molecule has 1 saturated heterocycles. The van der Waals surface area contributed by atoms with Crippen LogP contribution >= 0.6 is 0 Å². The number of anilines is 3. The third-order valence-electron chi connectivity index (χ3n) is 4.98. The van der Waals surface area contributed by atoms with Crippen LogP contribution in [0.1, 0.15) is 6.42 Å². The van der Waals surface area contributed by atoms with E-state index in [1.165, 1.54) is 0 Å². The quantitative estimate of drug-likeness (QED) is 0.881. The monoisotopic (exact) mass is 381 g/mol. The number of amides is 2. The zero-order valence-electron chi connectivity index (χ0n) is 16.0. The average Bonchev–Trinajstić information content (AvgIpc) is 3.10. The van der Waals surface area contributed by atoms with Gasteiger partial charge in [-0.25, -0.2) is 0 Å². The number of ether oxygens (including phenoxy) is 2. The smallest absolute Gasteiger partial charge is 0.229 e. The van der Waals surface area contributed by atoms with E-state index in [-0.39, 0.29) is 18.2 Å². The van der Waals surface area contributed by atoms with Gasteiger partial charge in [-0.2, -0.15) is 0 Å². The molecule has 7 nitrogen and oxygen atoms in total. The number of nitrogens with one attached hydrogen (secondary N) is 1. The molecule has 1 fully saturated rings. The molecule has 1 unspecified atom stereocenters. The van der Waals surface area contributed by atoms with Crippen LogP contribution in [0.2, 0.25) is 0 Å². The Kier molecular flexibility index (Phi) is 4.81. The third-order valence-corrected chi connectivity index (χ3v) is 4.98. The average molecular weight is 381 g/mol. The summed E-state index contributed by atoms with van der Waals surface area (Å²) in [6.07, 6.45) is 0.191. The van der Waals surface area contributed by atoms with Gasteiger partial charge in [0.15, 0.2) is 11.5 Å². The second-order valence-corrected chi connectivity index (χ2v) is 7.16. The number of hydrogen-bond acceptors (Lipinski definition) is 5. The normalized spacial score (nSPS) is 18.1. The van der Waals surface area contributed by atoms with E-state index in [2.05, 4.69) is 5.32 Å². The fraction of sp³-hybridized carbons (Fsp3) is 0.333. The van der Waals surface area contributed by atoms with Gasteiger partial charge in [0, 0.05) is 50.2 Å². The number of benzene rings is 2. The molecule has 2 aromatic rings. The Morgan fingerprint density at radius 1 is 1.07 bits per heavy atom. The van der Waals surface area contributed by atoms with E-state index in [0.29, 0.717) is 31.3 Å². The Labute approximate surface area is 163 Å². The Bertz CT molecular complexity index is 895. The number of nitrogens with zero attached hydrogens (tertiary/aromatic N) is 2. The van der Waals surface area contributed by atoms with Gasteiger partial charge in [-0.15, -0.1) is 0 Å². The molecule has 0 bridgehead atoms. The lowest BCUT2D eigenvalue weighted by Gasteiger charge is -2.22. The Morgan fingerprint density at radius 3 is 2.50 bits per heavy atom. The molecule has 7 heteroatoms. The Hall–Kier alpha value is -3.22. The van der Waals surface area contributed by atoms with Crippen LogP contribution in [-0.4, -0.2) is 45.7 Å². The highest BCUT2D eigenvalue weighted by molar-refractivity contribution is 6.03. The maximum Gasteiger partial charge on any atom is 0.229 e. The lowest BCUT2D eigenvalue weighted by atomic mass is 10.1. The molecular weight excluding hydrogens is 358 g/mol. The molecule has 4 rings (SSSR count). The SMILES string of the molecule is CN(C)c1ccc(NC(=O)C2CC(=O)N(c3ccc4c(c3)OCCO4)C2)cc1. The summed E-state index contributed by atoms with van der Waals surface area (Å²) in [4.78, 5) is 28.8. The summed E-state index contributed by atoms with van der Waals surface area (Å²) in [6.45, 7) is 1.36. The van der Waals surface area contributed by atoms with Gasteiger partial charge in [0.2, 0.25) is 11.8 Å². The molecule has 0 radical (unpaired) electrons. The summed E-state index contributed by atoms with van der Waals surface area (Å²) in [5, 5.41) is 2.91. The second-order valence-electron chi connectivity index (χ2n) is 7.16. The Balaban J connectivity index is 1.43. The lowest BCUT2D eigenvalue weighted by molar-refractivity contribution is -0.122. The minimum atomic E-state index is -0.394. The fourth-order valence-electron chi connectivity index (χ4n) is 3.42. The van der Waals surface area contributed by atoms with Gasteiger partial charge in [0.25, 0.3) is 0 Å². The van der Waals surface area contributed by atoms with Crippen molar-refractivity contribution in [1.82, 2.24) is 0 Å². The predicted octanol–water partition coefficient (Wildman–Crippen LogP) is 2.52. The molecule has 2 aromatic carbocycles. The molecule has 2 aliphatic rings. The molecule has 0 aliphatic carbocycles. The third kappa shape index (κ3) is 3.60. The van der Waals surface area contributed by atoms with Crippen LogP contribution in [0, 0.1) is 5.92 Å². The van der Waals surface area contributed by atoms with Crippen molar-refractivity contribution in [1.29, 1.82) is 0 Å². The molecule has 2 amide bonds. The van der Waals surface area contributed by atoms with Crippen LogP contribution in [0.4, 0.5) is 17.1 Å². The Morgan fingerprint density at radius 2 is 1.79 bits per heavy atom. The zero-order valence-corrected chi connectivity index (χ0v) is 16.0. The maximum absolute atomic E-state index is 12.6. The van der Waals surface area contributed by atoms with Crippen molar-refractivity contribution in [2.45, 2.75) is 6.42 Å². The first-order valence-electron chi connectivity index (χ1n) is 9.29. The summed E-state index contributed by atoms with van der Waals surface area (Å²) in [5.74, 6) is 0.697. The van der Waals surface area contributed by atoms with E-state index in [1.54, 1.807) is 17.0 Å². The molecule has 2 heterocycles. The first-order chi connectivity index (χ1) is 13.5. The van der Waals surface area contributed by atoms with Gasteiger partial charge in [0.1, 0.15) is 13.2 Å². The maximum atomic E-state index is 12.6. The van der Waals surface area contributed by atoms with E-state index in [4.69, 9.17) is 9.47 Å². The molecule has 0 spiro atoms. The zero-order chi connectivity index (χ0) is 19.7. The van der Waals surface area contributed by atoms with E-state index in [1.807, 2.05) is 49.3 Å². The van der Waals surface area contributed by atoms with Gasteiger partial charge in [-0.1, -0.05) is 0 Å². The van der Waals surface area contributed by atoms with Gasteiger partial charge in [-0.3, -0.25) is 9.59 Å². The first-order valence-corrected chi connectivity index (χ1v) is 9.29. The fourth-order valence-corrected chi connectivity index (χ4v) is 3.42. The summed E-state index contributed by atoms with van der Waals surface area (Å²) in [6, 6.07) is 13.0. The minimum absolute atomic E-state index is 0.0696. The molecule has 0 aromatic heterocycles. The second kappa shape index (κ2) is 7.42. The number of hydrogen-bond donors (Lipinski definition) is 1. The van der Waals surface area contributed by atoms with Gasteiger partial charge < -0.3 is 24.6 Å². The predicted molar refractivity (Wildman–Crippen MR) is 107 cm³/mol. The van der Waals surface area contributed by atoms with E-state index in [0.717, 1.165) is 17.1 Å². The highest BCUT2D eigenvalue weighted by Gasteiger charge is 2.35. The van der Waals surface area contributed by atoms with E-state index < -0.39 is 5.92 Å². The summed E-state index contributed by atoms with van der Waals surface area (Å²) >= 11 is 0. The summed E-state index contributed by atoms with van der Waals surface area (Å²) in [5.41, 5.74) is 2.50. The standard InChI is InChI=1S/C21H23N3O4/c1-23(2)16-5-3-15(4-6-16)22-21(26)14-11-20(25)24(13-14)17-7-8-18-19(12-17)28-10-9-27-18/h3-8,12,14H,9-11,13H2,1-2H3,(H,22,26). The largest absolute Gasteiger partial charge is 0.486 e. The van der Waals surface area contributed by atoms with Crippen LogP contribution in [-0.2, 0) is 9.59 Å². The van der Waals surface area contributed by atoms with Crippen LogP contribution in [0.15, 0.2) is 42.5 Å². The van der Waals surface area contributed by atoms with Gasteiger partial charge >= 0.3 is 0 Å². The van der Waals surface area contributed by atoms with Crippen LogP contribution < -0.4 is 24.6 Å². The van der Waals surface area contributed by atoms with E-state index >= 15 is 0 Å². The topological polar surface area (TPSA) is 71.1 Å². The molecule has 2 aliphatic heterocycles. The summed E-state index contributed by atoms with van der Waals surface area (Å²) < 4.78 is 11.1. The molecule has 146 valence electrons. The van der Waals surface area contributed by atoms with Crippen molar-refractivity contribution < 1.29 is 19.1 Å². The van der Waals surface area contributed by atoms with Crippen molar-refractivity contribution in [2.24, 2.45) is 5.92 Å².